The summed E-state index contributed by atoms with van der Waals surface area (Å²) in [6.45, 7) is 0. The topological polar surface area (TPSA) is 62.0 Å². The number of aromatic amines is 1. The molecule has 1 fully saturated rings. The molecule has 0 amide bonds. The number of hydrogen-bond donors (Lipinski definition) is 2. The van der Waals surface area contributed by atoms with E-state index < -0.39 is 21.8 Å². The third-order valence-electron chi connectivity index (χ3n) is 4.17. The van der Waals surface area contributed by atoms with Crippen LogP contribution in [0.2, 0.25) is 0 Å². The maximum atomic E-state index is 13.0. The molecule has 126 valence electrons. The molecule has 1 aromatic carbocycles. The van der Waals surface area contributed by atoms with Crippen molar-refractivity contribution in [1.82, 2.24) is 9.71 Å². The lowest BCUT2D eigenvalue weighted by Crippen LogP contribution is -2.36. The highest BCUT2D eigenvalue weighted by Crippen LogP contribution is 2.34. The average Bonchev–Trinajstić information content (AvgIpc) is 2.94. The van der Waals surface area contributed by atoms with E-state index in [9.17, 15) is 21.6 Å². The number of nitrogens with one attached hydrogen (secondary N) is 2. The Labute approximate surface area is 132 Å². The molecule has 1 aromatic heterocycles. The number of aromatic nitrogens is 1. The maximum Gasteiger partial charge on any atom is 0.416 e. The molecule has 2 N–H and O–H groups in total. The minimum atomic E-state index is -4.60. The first-order valence-corrected chi connectivity index (χ1v) is 8.96. The fourth-order valence-electron chi connectivity index (χ4n) is 3.02. The minimum absolute atomic E-state index is 0.156. The van der Waals surface area contributed by atoms with Crippen molar-refractivity contribution in [3.8, 4) is 0 Å². The SMILES string of the molecule is O=S(=O)(NC1CCCCC1)c1cc(C(F)(F)F)cc2[nH]ccc12. The average molecular weight is 346 g/mol. The molecular weight excluding hydrogens is 329 g/mol. The molecule has 0 saturated heterocycles. The van der Waals surface area contributed by atoms with Gasteiger partial charge in [0, 0.05) is 23.1 Å². The second-order valence-corrected chi connectivity index (χ2v) is 7.55. The van der Waals surface area contributed by atoms with Crippen molar-refractivity contribution < 1.29 is 21.6 Å². The predicted molar refractivity (Wildman–Crippen MR) is 80.5 cm³/mol. The largest absolute Gasteiger partial charge is 0.416 e. The van der Waals surface area contributed by atoms with E-state index in [1.165, 1.54) is 12.3 Å². The molecule has 3 rings (SSSR count). The van der Waals surface area contributed by atoms with E-state index in [0.717, 1.165) is 25.3 Å². The molecule has 8 heteroatoms. The van der Waals surface area contributed by atoms with Gasteiger partial charge in [0.2, 0.25) is 10.0 Å². The highest BCUT2D eigenvalue weighted by atomic mass is 32.2. The summed E-state index contributed by atoms with van der Waals surface area (Å²) in [6.07, 6.45) is 1.18. The van der Waals surface area contributed by atoms with E-state index in [0.29, 0.717) is 18.9 Å². The number of H-pyrrole nitrogens is 1. The summed E-state index contributed by atoms with van der Waals surface area (Å²) in [4.78, 5) is 2.33. The third-order valence-corrected chi connectivity index (χ3v) is 5.74. The van der Waals surface area contributed by atoms with Crippen LogP contribution in [0.4, 0.5) is 13.2 Å². The molecule has 0 spiro atoms. The van der Waals surface area contributed by atoms with Crippen LogP contribution in [0.1, 0.15) is 37.7 Å². The van der Waals surface area contributed by atoms with Gasteiger partial charge in [-0.05, 0) is 31.0 Å². The minimum Gasteiger partial charge on any atom is -0.361 e. The summed E-state index contributed by atoms with van der Waals surface area (Å²) in [7, 11) is -4.01. The van der Waals surface area contributed by atoms with Gasteiger partial charge in [-0.25, -0.2) is 13.1 Å². The van der Waals surface area contributed by atoms with E-state index in [4.69, 9.17) is 0 Å². The van der Waals surface area contributed by atoms with Crippen molar-refractivity contribution in [2.45, 2.75) is 49.2 Å². The van der Waals surface area contributed by atoms with Crippen LogP contribution < -0.4 is 4.72 Å². The molecule has 0 unspecified atom stereocenters. The predicted octanol–water partition coefficient (Wildman–Crippen LogP) is 3.80. The van der Waals surface area contributed by atoms with Crippen LogP contribution in [0.25, 0.3) is 10.9 Å². The summed E-state index contributed by atoms with van der Waals surface area (Å²) < 4.78 is 66.8. The monoisotopic (exact) mass is 346 g/mol. The second kappa shape index (κ2) is 5.83. The van der Waals surface area contributed by atoms with Gasteiger partial charge in [0.25, 0.3) is 0 Å². The molecule has 1 aliphatic carbocycles. The number of benzene rings is 1. The summed E-state index contributed by atoms with van der Waals surface area (Å²) in [5.41, 5.74) is -0.819. The molecule has 1 heterocycles. The molecule has 1 saturated carbocycles. The Balaban J connectivity index is 2.04. The van der Waals surface area contributed by atoms with Gasteiger partial charge in [-0.1, -0.05) is 19.3 Å². The van der Waals surface area contributed by atoms with Crippen LogP contribution >= 0.6 is 0 Å². The molecular formula is C15H17F3N2O2S. The molecule has 23 heavy (non-hydrogen) atoms. The van der Waals surface area contributed by atoms with Gasteiger partial charge in [-0.3, -0.25) is 0 Å². The molecule has 0 atom stereocenters. The number of alkyl halides is 3. The van der Waals surface area contributed by atoms with Crippen LogP contribution in [-0.4, -0.2) is 19.4 Å². The van der Waals surface area contributed by atoms with E-state index in [2.05, 4.69) is 9.71 Å². The van der Waals surface area contributed by atoms with Gasteiger partial charge < -0.3 is 4.98 Å². The Morgan fingerprint density at radius 2 is 1.83 bits per heavy atom. The van der Waals surface area contributed by atoms with Gasteiger partial charge >= 0.3 is 6.18 Å². The van der Waals surface area contributed by atoms with Crippen molar-refractivity contribution >= 4 is 20.9 Å². The quantitative estimate of drug-likeness (QED) is 0.888. The molecule has 2 aromatic rings. The highest BCUT2D eigenvalue weighted by molar-refractivity contribution is 7.89. The van der Waals surface area contributed by atoms with E-state index in [1.54, 1.807) is 0 Å². The normalized spacial score (nSPS) is 17.7. The first-order chi connectivity index (χ1) is 10.8. The summed E-state index contributed by atoms with van der Waals surface area (Å²) >= 11 is 0. The van der Waals surface area contributed by atoms with Crippen molar-refractivity contribution in [2.75, 3.05) is 0 Å². The van der Waals surface area contributed by atoms with Crippen LogP contribution in [-0.2, 0) is 16.2 Å². The first-order valence-electron chi connectivity index (χ1n) is 7.48. The zero-order valence-electron chi connectivity index (χ0n) is 12.3. The maximum absolute atomic E-state index is 13.0. The molecule has 0 bridgehead atoms. The van der Waals surface area contributed by atoms with Gasteiger partial charge in [-0.2, -0.15) is 13.2 Å². The Hall–Kier alpha value is -1.54. The van der Waals surface area contributed by atoms with Crippen molar-refractivity contribution in [3.05, 3.63) is 30.0 Å². The lowest BCUT2D eigenvalue weighted by atomic mass is 9.96. The van der Waals surface area contributed by atoms with Crippen LogP contribution in [0, 0.1) is 0 Å². The Morgan fingerprint density at radius 1 is 1.13 bits per heavy atom. The second-order valence-electron chi connectivity index (χ2n) is 5.87. The molecule has 0 radical (unpaired) electrons. The van der Waals surface area contributed by atoms with E-state index in [-0.39, 0.29) is 21.8 Å². The number of halogens is 3. The van der Waals surface area contributed by atoms with E-state index >= 15 is 0 Å². The van der Waals surface area contributed by atoms with Crippen molar-refractivity contribution in [1.29, 1.82) is 0 Å². The van der Waals surface area contributed by atoms with Gasteiger partial charge in [0.1, 0.15) is 0 Å². The van der Waals surface area contributed by atoms with Gasteiger partial charge in [0.05, 0.1) is 10.5 Å². The third kappa shape index (κ3) is 3.37. The highest BCUT2D eigenvalue weighted by Gasteiger charge is 2.34. The van der Waals surface area contributed by atoms with Crippen molar-refractivity contribution in [3.63, 3.8) is 0 Å². The summed E-state index contributed by atoms with van der Waals surface area (Å²) in [6, 6.07) is 2.90. The smallest absolute Gasteiger partial charge is 0.361 e. The number of rotatable bonds is 3. The van der Waals surface area contributed by atoms with Crippen LogP contribution in [0.15, 0.2) is 29.3 Å². The molecule has 4 nitrogen and oxygen atoms in total. The molecule has 1 aliphatic rings. The van der Waals surface area contributed by atoms with Crippen LogP contribution in [0.5, 0.6) is 0 Å². The lowest BCUT2D eigenvalue weighted by Gasteiger charge is -2.23. The number of fused-ring (bicyclic) bond motifs is 1. The van der Waals surface area contributed by atoms with Crippen molar-refractivity contribution in [2.24, 2.45) is 0 Å². The lowest BCUT2D eigenvalue weighted by molar-refractivity contribution is -0.137. The Kier molecular flexibility index (Phi) is 4.14. The summed E-state index contributed by atoms with van der Waals surface area (Å²) in [5.74, 6) is 0. The summed E-state index contributed by atoms with van der Waals surface area (Å²) in [5, 5.41) is 0.265. The molecule has 0 aliphatic heterocycles. The van der Waals surface area contributed by atoms with Gasteiger partial charge in [-0.15, -0.1) is 0 Å². The standard InChI is InChI=1S/C15H17F3N2O2S/c16-15(17,18)10-8-13-12(6-7-19-13)14(9-10)23(21,22)20-11-4-2-1-3-5-11/h6-9,11,19-20H,1-5H2. The van der Waals surface area contributed by atoms with Gasteiger partial charge in [0.15, 0.2) is 0 Å². The Morgan fingerprint density at radius 3 is 2.48 bits per heavy atom. The zero-order valence-corrected chi connectivity index (χ0v) is 13.1. The van der Waals surface area contributed by atoms with E-state index in [1.807, 2.05) is 0 Å². The number of hydrogen-bond acceptors (Lipinski definition) is 2. The Bertz CT molecular complexity index is 806. The zero-order chi connectivity index (χ0) is 16.7. The fraction of sp³-hybridized carbons (Fsp3) is 0.467. The fourth-order valence-corrected chi connectivity index (χ4v) is 4.57. The first kappa shape index (κ1) is 16.3. The van der Waals surface area contributed by atoms with Crippen LogP contribution in [0.3, 0.4) is 0 Å². The number of sulfonamides is 1.